The summed E-state index contributed by atoms with van der Waals surface area (Å²) in [5.74, 6) is 1.38. The Morgan fingerprint density at radius 3 is 2.71 bits per heavy atom. The van der Waals surface area contributed by atoms with Gasteiger partial charge in [-0.1, -0.05) is 36.0 Å². The number of aromatic nitrogens is 2. The van der Waals surface area contributed by atoms with Gasteiger partial charge in [0.05, 0.1) is 42.5 Å². The summed E-state index contributed by atoms with van der Waals surface area (Å²) in [4.78, 5) is 30.9. The molecule has 34 heavy (non-hydrogen) atoms. The van der Waals surface area contributed by atoms with Gasteiger partial charge in [-0.2, -0.15) is 0 Å². The van der Waals surface area contributed by atoms with Crippen molar-refractivity contribution >= 4 is 28.6 Å². The van der Waals surface area contributed by atoms with Crippen molar-refractivity contribution in [1.29, 1.82) is 0 Å². The molecule has 1 N–H and O–H groups in total. The number of nitrogens with zero attached hydrogens (tertiary/aromatic N) is 2. The summed E-state index contributed by atoms with van der Waals surface area (Å²) in [5.41, 5.74) is 1.65. The Bertz CT molecular complexity index is 1220. The highest BCUT2D eigenvalue weighted by Gasteiger charge is 2.33. The van der Waals surface area contributed by atoms with Crippen LogP contribution in [0.15, 0.2) is 58.5 Å². The molecule has 0 bridgehead atoms. The van der Waals surface area contributed by atoms with Gasteiger partial charge in [-0.15, -0.1) is 0 Å². The zero-order valence-corrected chi connectivity index (χ0v) is 20.1. The molecule has 2 aliphatic rings. The third-order valence-electron chi connectivity index (χ3n) is 6.45. The van der Waals surface area contributed by atoms with Crippen molar-refractivity contribution in [2.75, 3.05) is 19.5 Å². The quantitative estimate of drug-likeness (QED) is 0.370. The first-order valence-electron chi connectivity index (χ1n) is 11.8. The first kappa shape index (κ1) is 22.9. The number of fused-ring (bicyclic) bond motifs is 1. The summed E-state index contributed by atoms with van der Waals surface area (Å²) >= 11 is 1.31. The van der Waals surface area contributed by atoms with Crippen molar-refractivity contribution in [3.8, 4) is 5.75 Å². The number of methoxy groups -OCH3 is 1. The number of hydrogen-bond acceptors (Lipinski definition) is 6. The van der Waals surface area contributed by atoms with Gasteiger partial charge in [0.2, 0.25) is 5.91 Å². The van der Waals surface area contributed by atoms with Crippen LogP contribution in [0.2, 0.25) is 0 Å². The van der Waals surface area contributed by atoms with Gasteiger partial charge in [0.25, 0.3) is 5.56 Å². The van der Waals surface area contributed by atoms with Crippen LogP contribution >= 0.6 is 11.8 Å². The molecule has 1 aliphatic carbocycles. The number of benzene rings is 2. The Labute approximate surface area is 202 Å². The lowest BCUT2D eigenvalue weighted by Crippen LogP contribution is -2.32. The van der Waals surface area contributed by atoms with Gasteiger partial charge in [-0.05, 0) is 61.4 Å². The van der Waals surface area contributed by atoms with E-state index >= 15 is 0 Å². The van der Waals surface area contributed by atoms with E-state index < -0.39 is 0 Å². The number of thioether (sulfide) groups is 1. The number of nitrogens with one attached hydrogen (secondary N) is 1. The maximum absolute atomic E-state index is 13.2. The van der Waals surface area contributed by atoms with Crippen LogP contribution in [0.4, 0.5) is 0 Å². The zero-order chi connectivity index (χ0) is 23.5. The molecule has 2 aromatic carbocycles. The van der Waals surface area contributed by atoms with E-state index in [-0.39, 0.29) is 29.4 Å². The number of carbonyl (C=O) groups is 1. The van der Waals surface area contributed by atoms with Crippen molar-refractivity contribution in [2.45, 2.75) is 49.5 Å². The Morgan fingerprint density at radius 2 is 2.00 bits per heavy atom. The molecule has 1 saturated carbocycles. The third kappa shape index (κ3) is 5.13. The molecule has 5 rings (SSSR count). The van der Waals surface area contributed by atoms with E-state index in [4.69, 9.17) is 14.5 Å². The lowest BCUT2D eigenvalue weighted by molar-refractivity contribution is -0.119. The molecule has 2 heterocycles. The largest absolute Gasteiger partial charge is 0.497 e. The SMILES string of the molecule is COc1ccc(C(NC(=O)CSc2nc3ccccc3c(=O)n2CC2CCCO2)C2CC2)cc1. The number of hydrogen-bond donors (Lipinski definition) is 1. The second-order valence-corrected chi connectivity index (χ2v) is 9.85. The second kappa shape index (κ2) is 10.2. The predicted octanol–water partition coefficient (Wildman–Crippen LogP) is 3.94. The highest BCUT2D eigenvalue weighted by atomic mass is 32.2. The first-order valence-corrected chi connectivity index (χ1v) is 12.8. The smallest absolute Gasteiger partial charge is 0.262 e. The second-order valence-electron chi connectivity index (χ2n) is 8.91. The minimum Gasteiger partial charge on any atom is -0.497 e. The summed E-state index contributed by atoms with van der Waals surface area (Å²) < 4.78 is 12.7. The highest BCUT2D eigenvalue weighted by molar-refractivity contribution is 7.99. The van der Waals surface area contributed by atoms with E-state index in [0.717, 1.165) is 43.6 Å². The van der Waals surface area contributed by atoms with Crippen LogP contribution in [0.3, 0.4) is 0 Å². The fraction of sp³-hybridized carbons (Fsp3) is 0.423. The number of para-hydroxylation sites is 1. The molecule has 0 spiro atoms. The lowest BCUT2D eigenvalue weighted by Gasteiger charge is -2.20. The van der Waals surface area contributed by atoms with Gasteiger partial charge >= 0.3 is 0 Å². The summed E-state index contributed by atoms with van der Waals surface area (Å²) in [6, 6.07) is 15.2. The Balaban J connectivity index is 1.33. The van der Waals surface area contributed by atoms with Gasteiger partial charge in [0.15, 0.2) is 5.16 Å². The van der Waals surface area contributed by atoms with Crippen molar-refractivity contribution in [3.63, 3.8) is 0 Å². The molecular weight excluding hydrogens is 450 g/mol. The first-order chi connectivity index (χ1) is 16.6. The Hall–Kier alpha value is -2.84. The van der Waals surface area contributed by atoms with Crippen LogP contribution in [0.1, 0.15) is 37.3 Å². The van der Waals surface area contributed by atoms with Crippen LogP contribution in [0.25, 0.3) is 10.9 Å². The van der Waals surface area contributed by atoms with Crippen molar-refractivity contribution in [3.05, 3.63) is 64.4 Å². The number of carbonyl (C=O) groups excluding carboxylic acids is 1. The molecule has 8 heteroatoms. The molecule has 3 aromatic rings. The highest BCUT2D eigenvalue weighted by Crippen LogP contribution is 2.41. The summed E-state index contributed by atoms with van der Waals surface area (Å²) in [5, 5.41) is 4.35. The van der Waals surface area contributed by atoms with E-state index in [1.807, 2.05) is 42.5 Å². The van der Waals surface area contributed by atoms with Gasteiger partial charge in [0, 0.05) is 6.61 Å². The monoisotopic (exact) mass is 479 g/mol. The molecule has 1 saturated heterocycles. The Morgan fingerprint density at radius 1 is 1.21 bits per heavy atom. The maximum atomic E-state index is 13.2. The van der Waals surface area contributed by atoms with Gasteiger partial charge < -0.3 is 14.8 Å². The summed E-state index contributed by atoms with van der Waals surface area (Å²) in [7, 11) is 1.64. The Kier molecular flexibility index (Phi) is 6.87. The van der Waals surface area contributed by atoms with Crippen molar-refractivity contribution in [2.24, 2.45) is 5.92 Å². The number of ether oxygens (including phenoxy) is 2. The fourth-order valence-corrected chi connectivity index (χ4v) is 5.29. The third-order valence-corrected chi connectivity index (χ3v) is 7.43. The van der Waals surface area contributed by atoms with E-state index in [2.05, 4.69) is 5.32 Å². The number of amides is 1. The van der Waals surface area contributed by atoms with E-state index in [1.54, 1.807) is 17.7 Å². The summed E-state index contributed by atoms with van der Waals surface area (Å²) in [6.07, 6.45) is 4.14. The molecule has 1 aliphatic heterocycles. The average Bonchev–Trinajstić information content (AvgIpc) is 3.58. The minimum absolute atomic E-state index is 0.00292. The molecule has 2 unspecified atom stereocenters. The van der Waals surface area contributed by atoms with Crippen molar-refractivity contribution in [1.82, 2.24) is 14.9 Å². The van der Waals surface area contributed by atoms with Crippen LogP contribution in [0.5, 0.6) is 5.75 Å². The van der Waals surface area contributed by atoms with Crippen LogP contribution in [-0.4, -0.2) is 41.0 Å². The molecule has 0 radical (unpaired) electrons. The van der Waals surface area contributed by atoms with Gasteiger partial charge in [-0.3, -0.25) is 14.2 Å². The fourth-order valence-electron chi connectivity index (χ4n) is 4.47. The molecule has 178 valence electrons. The van der Waals surface area contributed by atoms with E-state index in [0.29, 0.717) is 28.5 Å². The predicted molar refractivity (Wildman–Crippen MR) is 132 cm³/mol. The van der Waals surface area contributed by atoms with Crippen LogP contribution in [-0.2, 0) is 16.1 Å². The van der Waals surface area contributed by atoms with Gasteiger partial charge in [-0.25, -0.2) is 4.98 Å². The van der Waals surface area contributed by atoms with Crippen LogP contribution < -0.4 is 15.6 Å². The minimum atomic E-state index is -0.0851. The maximum Gasteiger partial charge on any atom is 0.262 e. The number of rotatable bonds is 9. The van der Waals surface area contributed by atoms with E-state index in [1.165, 1.54) is 11.8 Å². The van der Waals surface area contributed by atoms with Crippen molar-refractivity contribution < 1.29 is 14.3 Å². The van der Waals surface area contributed by atoms with Crippen LogP contribution in [0, 0.1) is 5.92 Å². The average molecular weight is 480 g/mol. The molecule has 2 fully saturated rings. The molecule has 1 aromatic heterocycles. The normalized spacial score (nSPS) is 18.7. The molecule has 7 nitrogen and oxygen atoms in total. The summed E-state index contributed by atoms with van der Waals surface area (Å²) in [6.45, 7) is 1.18. The molecular formula is C26H29N3O4S. The van der Waals surface area contributed by atoms with Gasteiger partial charge in [0.1, 0.15) is 5.75 Å². The lowest BCUT2D eigenvalue weighted by atomic mass is 10.0. The molecule has 2 atom stereocenters. The zero-order valence-electron chi connectivity index (χ0n) is 19.2. The standard InChI is InChI=1S/C26H29N3O4S/c1-32-19-12-10-18(11-13-19)24(17-8-9-17)28-23(30)16-34-26-27-22-7-3-2-6-21(22)25(31)29(26)15-20-5-4-14-33-20/h2-3,6-7,10-13,17,20,24H,4-5,8-9,14-16H2,1H3,(H,28,30). The topological polar surface area (TPSA) is 82.5 Å². The van der Waals surface area contributed by atoms with E-state index in [9.17, 15) is 9.59 Å². The molecule has 1 amide bonds.